The molecule has 11 heteroatoms. The maximum atomic E-state index is 13.6. The van der Waals surface area contributed by atoms with Crippen LogP contribution in [0.2, 0.25) is 0 Å². The number of ketones is 1. The fraction of sp³-hybridized carbons (Fsp3) is 0.600. The number of aliphatic hydroxyl groups is 2. The van der Waals surface area contributed by atoms with Crippen LogP contribution in [0.4, 0.5) is 0 Å². The van der Waals surface area contributed by atoms with Crippen molar-refractivity contribution >= 4 is 23.5 Å². The predicted molar refractivity (Wildman–Crippen MR) is 149 cm³/mol. The number of hydrogen-bond donors (Lipinski definition) is 5. The second kappa shape index (κ2) is 14.6. The molecule has 0 unspecified atom stereocenters. The van der Waals surface area contributed by atoms with Gasteiger partial charge in [0.25, 0.3) is 0 Å². The fourth-order valence-electron chi connectivity index (χ4n) is 5.42. The molecule has 2 fully saturated rings. The van der Waals surface area contributed by atoms with Crippen molar-refractivity contribution in [3.63, 3.8) is 0 Å². The molecule has 1 saturated carbocycles. The molecular formula is C30H41N3O8. The van der Waals surface area contributed by atoms with Crippen molar-refractivity contribution in [3.8, 4) is 5.75 Å². The third-order valence-electron chi connectivity index (χ3n) is 8.03. The lowest BCUT2D eigenvalue weighted by molar-refractivity contribution is -0.135. The Balaban J connectivity index is 1.46. The average molecular weight is 572 g/mol. The lowest BCUT2D eigenvalue weighted by atomic mass is 9.87. The zero-order chi connectivity index (χ0) is 29.4. The van der Waals surface area contributed by atoms with Crippen molar-refractivity contribution < 1.29 is 38.9 Å². The normalized spacial score (nSPS) is 23.9. The van der Waals surface area contributed by atoms with Gasteiger partial charge in [-0.3, -0.25) is 19.2 Å². The summed E-state index contributed by atoms with van der Waals surface area (Å²) in [4.78, 5) is 52.6. The van der Waals surface area contributed by atoms with Gasteiger partial charge >= 0.3 is 0 Å². The number of methoxy groups -OCH3 is 1. The van der Waals surface area contributed by atoms with Gasteiger partial charge < -0.3 is 35.6 Å². The van der Waals surface area contributed by atoms with E-state index in [0.29, 0.717) is 44.5 Å². The monoisotopic (exact) mass is 571 g/mol. The molecule has 224 valence electrons. The lowest BCUT2D eigenvalue weighted by Gasteiger charge is -2.27. The maximum absolute atomic E-state index is 13.6. The number of nitrogens with one attached hydrogen (secondary N) is 3. The highest BCUT2D eigenvalue weighted by Crippen LogP contribution is 2.25. The second-order valence-electron chi connectivity index (χ2n) is 11.1. The van der Waals surface area contributed by atoms with Gasteiger partial charge in [0, 0.05) is 12.3 Å². The Morgan fingerprint density at radius 2 is 1.61 bits per heavy atom. The molecular weight excluding hydrogens is 530 g/mol. The van der Waals surface area contributed by atoms with Crippen molar-refractivity contribution in [2.45, 2.75) is 88.1 Å². The highest BCUT2D eigenvalue weighted by Gasteiger charge is 2.39. The Morgan fingerprint density at radius 1 is 0.951 bits per heavy atom. The van der Waals surface area contributed by atoms with Crippen molar-refractivity contribution in [2.24, 2.45) is 5.92 Å². The molecule has 4 rings (SSSR count). The van der Waals surface area contributed by atoms with Crippen LogP contribution in [-0.2, 0) is 30.3 Å². The Morgan fingerprint density at radius 3 is 2.20 bits per heavy atom. The summed E-state index contributed by atoms with van der Waals surface area (Å²) in [6.07, 6.45) is 6.43. The lowest BCUT2D eigenvalue weighted by Crippen LogP contribution is -2.58. The van der Waals surface area contributed by atoms with Crippen LogP contribution in [0, 0.1) is 5.92 Å². The number of hydrogen-bond acceptors (Lipinski definition) is 8. The van der Waals surface area contributed by atoms with E-state index >= 15 is 0 Å². The SMILES string of the molecule is COc1ccc(C[C@H](NC(=O)[C@@H](CO)NC(=O)[C@H]2CC[C@H](O)CC2)C(=O)N[C@@H](CC2=CCCC2)C(=O)[C@H]2CO2)cc1. The summed E-state index contributed by atoms with van der Waals surface area (Å²) >= 11 is 0. The second-order valence-corrected chi connectivity index (χ2v) is 11.1. The highest BCUT2D eigenvalue weighted by molar-refractivity contribution is 5.97. The van der Waals surface area contributed by atoms with E-state index in [-0.39, 0.29) is 24.0 Å². The van der Waals surface area contributed by atoms with E-state index in [9.17, 15) is 29.4 Å². The minimum atomic E-state index is -1.26. The van der Waals surface area contributed by atoms with Crippen molar-refractivity contribution in [1.29, 1.82) is 0 Å². The van der Waals surface area contributed by atoms with Gasteiger partial charge in [0.05, 0.1) is 32.5 Å². The van der Waals surface area contributed by atoms with Crippen molar-refractivity contribution in [3.05, 3.63) is 41.5 Å². The fourth-order valence-corrected chi connectivity index (χ4v) is 5.42. The molecule has 3 aliphatic rings. The Labute approximate surface area is 240 Å². The number of aliphatic hydroxyl groups excluding tert-OH is 2. The van der Waals surface area contributed by atoms with E-state index in [4.69, 9.17) is 9.47 Å². The van der Waals surface area contributed by atoms with Crippen molar-refractivity contribution in [2.75, 3.05) is 20.3 Å². The van der Waals surface area contributed by atoms with E-state index in [1.165, 1.54) is 0 Å². The Hall–Kier alpha value is -3.28. The summed E-state index contributed by atoms with van der Waals surface area (Å²) in [5, 5.41) is 27.8. The van der Waals surface area contributed by atoms with Crippen LogP contribution in [0.3, 0.4) is 0 Å². The standard InChI is InChI=1S/C30H41N3O8/c1-40-22-12-6-19(7-13-22)15-24(29(38)31-23(27(36)26-17-41-26)14-18-4-2-3-5-18)32-30(39)25(16-34)33-28(37)20-8-10-21(35)11-9-20/h4,6-7,12-13,20-21,23-26,34-35H,2-3,5,8-11,14-17H2,1H3,(H,31,38)(H,32,39)(H,33,37)/t20-,21-,23-,24-,25+,26+/m0/s1. The molecule has 2 aliphatic carbocycles. The summed E-state index contributed by atoms with van der Waals surface area (Å²) in [5.41, 5.74) is 1.85. The summed E-state index contributed by atoms with van der Waals surface area (Å²) in [7, 11) is 1.55. The molecule has 11 nitrogen and oxygen atoms in total. The number of carbonyl (C=O) groups excluding carboxylic acids is 4. The summed E-state index contributed by atoms with van der Waals surface area (Å²) < 4.78 is 10.4. The third-order valence-corrected chi connectivity index (χ3v) is 8.03. The Bertz CT molecular complexity index is 1110. The van der Waals surface area contributed by atoms with Crippen LogP contribution < -0.4 is 20.7 Å². The number of Topliss-reactive ketones (excluding diaryl/α,β-unsaturated/α-hetero) is 1. The molecule has 1 aromatic rings. The number of carbonyl (C=O) groups is 4. The van der Waals surface area contributed by atoms with Crippen LogP contribution in [-0.4, -0.2) is 84.4 Å². The molecule has 5 N–H and O–H groups in total. The summed E-state index contributed by atoms with van der Waals surface area (Å²) in [6.45, 7) is -0.327. The van der Waals surface area contributed by atoms with Gasteiger partial charge in [-0.05, 0) is 69.1 Å². The largest absolute Gasteiger partial charge is 0.497 e. The molecule has 1 saturated heterocycles. The first-order valence-electron chi connectivity index (χ1n) is 14.4. The summed E-state index contributed by atoms with van der Waals surface area (Å²) in [6, 6.07) is 3.90. The minimum absolute atomic E-state index is 0.109. The zero-order valence-electron chi connectivity index (χ0n) is 23.5. The van der Waals surface area contributed by atoms with Crippen molar-refractivity contribution in [1.82, 2.24) is 16.0 Å². The molecule has 0 aromatic heterocycles. The van der Waals surface area contributed by atoms with Gasteiger partial charge in [0.2, 0.25) is 17.7 Å². The molecule has 3 amide bonds. The van der Waals surface area contributed by atoms with E-state index < -0.39 is 48.8 Å². The van der Waals surface area contributed by atoms with E-state index in [0.717, 1.165) is 30.4 Å². The smallest absolute Gasteiger partial charge is 0.245 e. The number of rotatable bonds is 14. The molecule has 4 atom stereocenters. The molecule has 0 radical (unpaired) electrons. The topological polar surface area (TPSA) is 167 Å². The molecule has 1 aromatic carbocycles. The number of amides is 3. The van der Waals surface area contributed by atoms with E-state index in [2.05, 4.69) is 22.0 Å². The van der Waals surface area contributed by atoms with Gasteiger partial charge in [-0.2, -0.15) is 0 Å². The van der Waals surface area contributed by atoms with Gasteiger partial charge in [-0.15, -0.1) is 0 Å². The number of benzene rings is 1. The van der Waals surface area contributed by atoms with Crippen LogP contribution in [0.15, 0.2) is 35.9 Å². The predicted octanol–water partition coefficient (Wildman–Crippen LogP) is 0.704. The molecule has 1 heterocycles. The molecule has 1 aliphatic heterocycles. The van der Waals surface area contributed by atoms with Crippen LogP contribution in [0.1, 0.15) is 56.9 Å². The number of ether oxygens (including phenoxy) is 2. The van der Waals surface area contributed by atoms with E-state index in [1.54, 1.807) is 31.4 Å². The van der Waals surface area contributed by atoms with Gasteiger partial charge in [-0.1, -0.05) is 23.8 Å². The molecule has 41 heavy (non-hydrogen) atoms. The quantitative estimate of drug-likeness (QED) is 0.161. The number of epoxide rings is 1. The zero-order valence-corrected chi connectivity index (χ0v) is 23.5. The molecule has 0 bridgehead atoms. The third kappa shape index (κ3) is 8.85. The van der Waals surface area contributed by atoms with Gasteiger partial charge in [-0.25, -0.2) is 0 Å². The average Bonchev–Trinajstić information content (AvgIpc) is 3.71. The van der Waals surface area contributed by atoms with Crippen LogP contribution in [0.25, 0.3) is 0 Å². The van der Waals surface area contributed by atoms with Gasteiger partial charge in [0.15, 0.2) is 5.78 Å². The van der Waals surface area contributed by atoms with Gasteiger partial charge in [0.1, 0.15) is 23.9 Å². The Kier molecular flexibility index (Phi) is 10.9. The minimum Gasteiger partial charge on any atom is -0.497 e. The first kappa shape index (κ1) is 30.7. The first-order valence-corrected chi connectivity index (χ1v) is 14.4. The van der Waals surface area contributed by atoms with Crippen LogP contribution in [0.5, 0.6) is 5.75 Å². The number of allylic oxidation sites excluding steroid dienone is 1. The highest BCUT2D eigenvalue weighted by atomic mass is 16.6. The van der Waals surface area contributed by atoms with Crippen LogP contribution >= 0.6 is 0 Å². The maximum Gasteiger partial charge on any atom is 0.245 e. The van der Waals surface area contributed by atoms with E-state index in [1.807, 2.05) is 0 Å². The first-order chi connectivity index (χ1) is 19.8. The molecule has 0 spiro atoms. The summed E-state index contributed by atoms with van der Waals surface area (Å²) in [5.74, 6) is -1.55.